The highest BCUT2D eigenvalue weighted by atomic mass is 16.1. The van der Waals surface area contributed by atoms with Gasteiger partial charge in [-0.15, -0.1) is 0 Å². The van der Waals surface area contributed by atoms with Gasteiger partial charge in [0.05, 0.1) is 17.8 Å². The number of aryl methyl sites for hydroxylation is 1. The second kappa shape index (κ2) is 8.43. The minimum atomic E-state index is -0.0675. The Balaban J connectivity index is 1.81. The Morgan fingerprint density at radius 1 is 1.08 bits per heavy atom. The summed E-state index contributed by atoms with van der Waals surface area (Å²) in [4.78, 5) is 16.8. The molecule has 0 aliphatic rings. The molecule has 0 fully saturated rings. The van der Waals surface area contributed by atoms with Crippen LogP contribution < -0.4 is 5.32 Å². The van der Waals surface area contributed by atoms with Gasteiger partial charge in [-0.2, -0.15) is 5.10 Å². The van der Waals surface area contributed by atoms with Crippen LogP contribution in [0.25, 0.3) is 0 Å². The summed E-state index contributed by atoms with van der Waals surface area (Å²) in [5.41, 5.74) is 4.68. The standard InChI is InChI=1S/C21H24N4O/c1-3-7-19-20(21(26)23-14-17-10-12-22-13-11-17)16(2)25(24-19)15-18-8-5-4-6-9-18/h4-6,8-13H,3,7,14-15H2,1-2H3,(H,23,26). The summed E-state index contributed by atoms with van der Waals surface area (Å²) in [7, 11) is 0. The molecule has 0 aliphatic carbocycles. The Kier molecular flexibility index (Phi) is 5.79. The molecule has 3 aromatic rings. The van der Waals surface area contributed by atoms with Crippen molar-refractivity contribution < 1.29 is 4.79 Å². The van der Waals surface area contributed by atoms with Crippen molar-refractivity contribution >= 4 is 5.91 Å². The number of rotatable bonds is 7. The molecule has 2 aromatic heterocycles. The molecule has 0 saturated heterocycles. The fourth-order valence-corrected chi connectivity index (χ4v) is 3.00. The van der Waals surface area contributed by atoms with E-state index in [1.54, 1.807) is 12.4 Å². The molecule has 1 N–H and O–H groups in total. The lowest BCUT2D eigenvalue weighted by molar-refractivity contribution is 0.0949. The van der Waals surface area contributed by atoms with Gasteiger partial charge in [0.15, 0.2) is 0 Å². The van der Waals surface area contributed by atoms with Crippen LogP contribution in [0.4, 0.5) is 0 Å². The van der Waals surface area contributed by atoms with Gasteiger partial charge in [0.25, 0.3) is 5.91 Å². The summed E-state index contributed by atoms with van der Waals surface area (Å²) < 4.78 is 1.93. The van der Waals surface area contributed by atoms with E-state index in [9.17, 15) is 4.79 Å². The van der Waals surface area contributed by atoms with Crippen molar-refractivity contribution in [3.63, 3.8) is 0 Å². The van der Waals surface area contributed by atoms with Gasteiger partial charge >= 0.3 is 0 Å². The van der Waals surface area contributed by atoms with E-state index in [0.717, 1.165) is 29.8 Å². The molecule has 3 rings (SSSR count). The lowest BCUT2D eigenvalue weighted by Crippen LogP contribution is -2.24. The van der Waals surface area contributed by atoms with Crippen molar-refractivity contribution in [1.82, 2.24) is 20.1 Å². The molecule has 2 heterocycles. The summed E-state index contributed by atoms with van der Waals surface area (Å²) in [6.07, 6.45) is 5.20. The van der Waals surface area contributed by atoms with Gasteiger partial charge in [-0.25, -0.2) is 0 Å². The first-order chi connectivity index (χ1) is 12.7. The Morgan fingerprint density at radius 2 is 1.81 bits per heavy atom. The average molecular weight is 348 g/mol. The van der Waals surface area contributed by atoms with Crippen LogP contribution in [0.2, 0.25) is 0 Å². The van der Waals surface area contributed by atoms with E-state index in [1.807, 2.05) is 41.9 Å². The number of hydrogen-bond donors (Lipinski definition) is 1. The maximum Gasteiger partial charge on any atom is 0.255 e. The van der Waals surface area contributed by atoms with Crippen molar-refractivity contribution in [3.8, 4) is 0 Å². The highest BCUT2D eigenvalue weighted by molar-refractivity contribution is 5.96. The number of nitrogens with zero attached hydrogens (tertiary/aromatic N) is 3. The van der Waals surface area contributed by atoms with Crippen LogP contribution in [0.15, 0.2) is 54.9 Å². The Labute approximate surface area is 154 Å². The lowest BCUT2D eigenvalue weighted by atomic mass is 10.1. The van der Waals surface area contributed by atoms with Crippen molar-refractivity contribution in [3.05, 3.63) is 82.9 Å². The van der Waals surface area contributed by atoms with E-state index in [2.05, 4.69) is 29.4 Å². The molecule has 1 amide bonds. The van der Waals surface area contributed by atoms with Crippen molar-refractivity contribution in [2.45, 2.75) is 39.8 Å². The van der Waals surface area contributed by atoms with Gasteiger partial charge < -0.3 is 5.32 Å². The molecule has 5 heteroatoms. The molecular formula is C21H24N4O. The maximum atomic E-state index is 12.8. The minimum absolute atomic E-state index is 0.0675. The first-order valence-corrected chi connectivity index (χ1v) is 8.96. The number of carbonyl (C=O) groups excluding carboxylic acids is 1. The van der Waals surface area contributed by atoms with Crippen LogP contribution in [0.1, 0.15) is 46.2 Å². The Hall–Kier alpha value is -2.95. The molecule has 134 valence electrons. The van der Waals surface area contributed by atoms with Crippen LogP contribution in [-0.4, -0.2) is 20.7 Å². The molecule has 0 unspecified atom stereocenters. The molecule has 0 atom stereocenters. The molecule has 0 spiro atoms. The predicted octanol–water partition coefficient (Wildman–Crippen LogP) is 3.52. The molecular weight excluding hydrogens is 324 g/mol. The van der Waals surface area contributed by atoms with E-state index in [0.29, 0.717) is 18.7 Å². The van der Waals surface area contributed by atoms with Crippen LogP contribution in [0.3, 0.4) is 0 Å². The summed E-state index contributed by atoms with van der Waals surface area (Å²) in [5.74, 6) is -0.0675. The summed E-state index contributed by atoms with van der Waals surface area (Å²) in [6, 6.07) is 14.0. The quantitative estimate of drug-likeness (QED) is 0.711. The molecule has 5 nitrogen and oxygen atoms in total. The zero-order valence-corrected chi connectivity index (χ0v) is 15.3. The largest absolute Gasteiger partial charge is 0.348 e. The van der Waals surface area contributed by atoms with Gasteiger partial charge in [-0.1, -0.05) is 43.7 Å². The van der Waals surface area contributed by atoms with E-state index in [1.165, 1.54) is 5.56 Å². The monoisotopic (exact) mass is 348 g/mol. The molecule has 0 radical (unpaired) electrons. The number of aromatic nitrogens is 3. The summed E-state index contributed by atoms with van der Waals surface area (Å²) in [6.45, 7) is 5.22. The molecule has 0 aliphatic heterocycles. The fourth-order valence-electron chi connectivity index (χ4n) is 3.00. The second-order valence-electron chi connectivity index (χ2n) is 6.34. The average Bonchev–Trinajstić information content (AvgIpc) is 2.97. The highest BCUT2D eigenvalue weighted by Gasteiger charge is 2.20. The normalized spacial score (nSPS) is 10.7. The van der Waals surface area contributed by atoms with Gasteiger partial charge in [0.2, 0.25) is 0 Å². The Bertz CT molecular complexity index is 856. The number of carbonyl (C=O) groups is 1. The van der Waals surface area contributed by atoms with E-state index in [4.69, 9.17) is 5.10 Å². The number of amides is 1. The third-order valence-corrected chi connectivity index (χ3v) is 4.37. The van der Waals surface area contributed by atoms with Crippen LogP contribution in [-0.2, 0) is 19.5 Å². The fraction of sp³-hybridized carbons (Fsp3) is 0.286. The topological polar surface area (TPSA) is 59.8 Å². The first kappa shape index (κ1) is 17.9. The Morgan fingerprint density at radius 3 is 2.50 bits per heavy atom. The van der Waals surface area contributed by atoms with E-state index < -0.39 is 0 Å². The third-order valence-electron chi connectivity index (χ3n) is 4.37. The number of nitrogens with one attached hydrogen (secondary N) is 1. The predicted molar refractivity (Wildman–Crippen MR) is 102 cm³/mol. The van der Waals surface area contributed by atoms with Crippen molar-refractivity contribution in [1.29, 1.82) is 0 Å². The maximum absolute atomic E-state index is 12.8. The van der Waals surface area contributed by atoms with Gasteiger partial charge in [-0.3, -0.25) is 14.5 Å². The number of hydrogen-bond acceptors (Lipinski definition) is 3. The van der Waals surface area contributed by atoms with Crippen molar-refractivity contribution in [2.24, 2.45) is 0 Å². The van der Waals surface area contributed by atoms with Gasteiger partial charge in [-0.05, 0) is 36.6 Å². The molecule has 0 bridgehead atoms. The smallest absolute Gasteiger partial charge is 0.255 e. The highest BCUT2D eigenvalue weighted by Crippen LogP contribution is 2.17. The third kappa shape index (κ3) is 4.17. The SMILES string of the molecule is CCCc1nn(Cc2ccccc2)c(C)c1C(=O)NCc1ccncc1. The lowest BCUT2D eigenvalue weighted by Gasteiger charge is -2.07. The first-order valence-electron chi connectivity index (χ1n) is 8.96. The van der Waals surface area contributed by atoms with E-state index >= 15 is 0 Å². The molecule has 0 saturated carbocycles. The number of benzene rings is 1. The molecule has 26 heavy (non-hydrogen) atoms. The zero-order chi connectivity index (χ0) is 18.4. The van der Waals surface area contributed by atoms with Crippen LogP contribution >= 0.6 is 0 Å². The minimum Gasteiger partial charge on any atom is -0.348 e. The van der Waals surface area contributed by atoms with Crippen molar-refractivity contribution in [2.75, 3.05) is 0 Å². The van der Waals surface area contributed by atoms with Crippen LogP contribution in [0.5, 0.6) is 0 Å². The zero-order valence-electron chi connectivity index (χ0n) is 15.3. The summed E-state index contributed by atoms with van der Waals surface area (Å²) >= 11 is 0. The molecule has 1 aromatic carbocycles. The van der Waals surface area contributed by atoms with Crippen LogP contribution in [0, 0.1) is 6.92 Å². The second-order valence-corrected chi connectivity index (χ2v) is 6.34. The van der Waals surface area contributed by atoms with Gasteiger partial charge in [0.1, 0.15) is 0 Å². The number of pyridine rings is 1. The van der Waals surface area contributed by atoms with E-state index in [-0.39, 0.29) is 5.91 Å². The summed E-state index contributed by atoms with van der Waals surface area (Å²) in [5, 5.41) is 7.73. The van der Waals surface area contributed by atoms with Gasteiger partial charge in [0, 0.05) is 24.6 Å².